The van der Waals surface area contributed by atoms with Crippen molar-refractivity contribution in [2.45, 2.75) is 20.8 Å². The fraction of sp³-hybridized carbons (Fsp3) is 0.211. The third-order valence-electron chi connectivity index (χ3n) is 3.38. The number of aryl methyl sites for hydroxylation is 3. The van der Waals surface area contributed by atoms with Crippen LogP contribution in [0.1, 0.15) is 22.3 Å². The van der Waals surface area contributed by atoms with Gasteiger partial charge in [0.25, 0.3) is 0 Å². The van der Waals surface area contributed by atoms with Gasteiger partial charge in [-0.1, -0.05) is 23.8 Å². The van der Waals surface area contributed by atoms with Crippen LogP contribution in [-0.4, -0.2) is 17.5 Å². The molecule has 3 nitrogen and oxygen atoms in total. The molecule has 0 heterocycles. The molecule has 3 heteroatoms. The number of benzene rings is 2. The first-order valence-corrected chi connectivity index (χ1v) is 7.16. The molecule has 1 N–H and O–H groups in total. The number of phenolic OH excluding ortho intramolecular Hbond substituents is 1. The molecule has 0 fully saturated rings. The van der Waals surface area contributed by atoms with E-state index in [0.717, 1.165) is 22.3 Å². The minimum atomic E-state index is -0.107. The lowest BCUT2D eigenvalue weighted by atomic mass is 10.1. The van der Waals surface area contributed by atoms with Crippen molar-refractivity contribution in [3.05, 3.63) is 64.7 Å². The van der Waals surface area contributed by atoms with Crippen molar-refractivity contribution in [3.8, 4) is 11.5 Å². The van der Waals surface area contributed by atoms with Gasteiger partial charge in [0.1, 0.15) is 11.5 Å². The van der Waals surface area contributed by atoms with E-state index in [2.05, 4.69) is 0 Å². The molecule has 0 aliphatic heterocycles. The number of carbonyl (C=O) groups is 1. The van der Waals surface area contributed by atoms with E-state index >= 15 is 0 Å². The maximum atomic E-state index is 11.8. The molecule has 0 aromatic heterocycles. The molecule has 0 radical (unpaired) electrons. The lowest BCUT2D eigenvalue weighted by Crippen LogP contribution is -2.08. The molecule has 0 aliphatic carbocycles. The summed E-state index contributed by atoms with van der Waals surface area (Å²) >= 11 is 0. The highest BCUT2D eigenvalue weighted by Gasteiger charge is 2.03. The maximum absolute atomic E-state index is 11.8. The first kappa shape index (κ1) is 15.8. The summed E-state index contributed by atoms with van der Waals surface area (Å²) in [5.74, 6) is 0.874. The van der Waals surface area contributed by atoms with Crippen molar-refractivity contribution in [2.24, 2.45) is 0 Å². The molecule has 2 rings (SSSR count). The Morgan fingerprint density at radius 2 is 1.68 bits per heavy atom. The highest BCUT2D eigenvalue weighted by atomic mass is 16.5. The molecule has 0 saturated heterocycles. The van der Waals surface area contributed by atoms with Crippen LogP contribution < -0.4 is 4.74 Å². The largest absolute Gasteiger partial charge is 0.507 e. The minimum absolute atomic E-state index is 0.00953. The predicted octanol–water partition coefficient (Wildman–Crippen LogP) is 3.98. The molecule has 0 bridgehead atoms. The lowest BCUT2D eigenvalue weighted by molar-refractivity contribution is -0.116. The zero-order chi connectivity index (χ0) is 16.1. The number of carbonyl (C=O) groups excluding carboxylic acids is 1. The summed E-state index contributed by atoms with van der Waals surface area (Å²) in [6.45, 7) is 5.68. The summed E-state index contributed by atoms with van der Waals surface area (Å²) in [5, 5.41) is 9.73. The van der Waals surface area contributed by atoms with Crippen LogP contribution in [-0.2, 0) is 4.79 Å². The molecule has 0 amide bonds. The van der Waals surface area contributed by atoms with Gasteiger partial charge in [0.2, 0.25) is 0 Å². The lowest BCUT2D eigenvalue weighted by Gasteiger charge is -2.05. The van der Waals surface area contributed by atoms with Gasteiger partial charge < -0.3 is 9.84 Å². The highest BCUT2D eigenvalue weighted by Crippen LogP contribution is 2.23. The molecule has 22 heavy (non-hydrogen) atoms. The summed E-state index contributed by atoms with van der Waals surface area (Å²) in [5.41, 5.74) is 3.62. The van der Waals surface area contributed by atoms with Crippen molar-refractivity contribution in [1.82, 2.24) is 0 Å². The van der Waals surface area contributed by atoms with Crippen LogP contribution in [0.2, 0.25) is 0 Å². The average Bonchev–Trinajstić information content (AvgIpc) is 2.50. The Bertz CT molecular complexity index is 674. The topological polar surface area (TPSA) is 46.5 Å². The van der Waals surface area contributed by atoms with E-state index in [1.165, 1.54) is 6.08 Å². The van der Waals surface area contributed by atoms with E-state index in [1.54, 1.807) is 6.08 Å². The van der Waals surface area contributed by atoms with Gasteiger partial charge in [-0.05, 0) is 67.8 Å². The number of aromatic hydroxyl groups is 1. The zero-order valence-corrected chi connectivity index (χ0v) is 13.1. The van der Waals surface area contributed by atoms with Crippen LogP contribution in [0.15, 0.2) is 42.5 Å². The first-order valence-electron chi connectivity index (χ1n) is 7.16. The smallest absolute Gasteiger partial charge is 0.193 e. The fourth-order valence-electron chi connectivity index (χ4n) is 2.11. The van der Waals surface area contributed by atoms with Crippen molar-refractivity contribution >= 4 is 11.9 Å². The second kappa shape index (κ2) is 6.94. The summed E-state index contributed by atoms with van der Waals surface area (Å²) in [6, 6.07) is 11.3. The molecular formula is C19H20O3. The Morgan fingerprint density at radius 1 is 1.09 bits per heavy atom. The molecule has 2 aromatic carbocycles. The van der Waals surface area contributed by atoms with Gasteiger partial charge in [-0.25, -0.2) is 0 Å². The number of hydrogen-bond donors (Lipinski definition) is 1. The molecule has 0 aliphatic rings. The minimum Gasteiger partial charge on any atom is -0.507 e. The number of rotatable bonds is 5. The van der Waals surface area contributed by atoms with Gasteiger partial charge in [0.05, 0.1) is 0 Å². The van der Waals surface area contributed by atoms with Crippen LogP contribution in [0.25, 0.3) is 6.08 Å². The van der Waals surface area contributed by atoms with Crippen molar-refractivity contribution < 1.29 is 14.6 Å². The second-order valence-corrected chi connectivity index (χ2v) is 5.40. The van der Waals surface area contributed by atoms with Gasteiger partial charge in [-0.15, -0.1) is 0 Å². The third kappa shape index (κ3) is 4.22. The number of ether oxygens (including phenoxy) is 1. The van der Waals surface area contributed by atoms with E-state index in [4.69, 9.17) is 4.74 Å². The van der Waals surface area contributed by atoms with Gasteiger partial charge >= 0.3 is 0 Å². The molecule has 0 saturated carbocycles. The van der Waals surface area contributed by atoms with Gasteiger partial charge in [-0.3, -0.25) is 4.79 Å². The maximum Gasteiger partial charge on any atom is 0.193 e. The Morgan fingerprint density at radius 3 is 2.27 bits per heavy atom. The monoisotopic (exact) mass is 296 g/mol. The Labute approximate surface area is 130 Å². The molecular weight excluding hydrogens is 276 g/mol. The SMILES string of the molecule is Cc1ccc(OCC(=O)C=Cc2cc(C)c(O)c(C)c2)cc1. The van der Waals surface area contributed by atoms with Crippen LogP contribution in [0, 0.1) is 20.8 Å². The second-order valence-electron chi connectivity index (χ2n) is 5.40. The quantitative estimate of drug-likeness (QED) is 0.849. The van der Waals surface area contributed by atoms with E-state index < -0.39 is 0 Å². The Kier molecular flexibility index (Phi) is 4.99. The summed E-state index contributed by atoms with van der Waals surface area (Å²) < 4.78 is 5.44. The van der Waals surface area contributed by atoms with Crippen LogP contribution >= 0.6 is 0 Å². The zero-order valence-electron chi connectivity index (χ0n) is 13.1. The summed E-state index contributed by atoms with van der Waals surface area (Å²) in [6.07, 6.45) is 3.24. The number of phenols is 1. The standard InChI is InChI=1S/C19H20O3/c1-13-4-8-18(9-5-13)22-12-17(20)7-6-16-10-14(2)19(21)15(3)11-16/h4-11,21H,12H2,1-3H3. The van der Waals surface area contributed by atoms with Gasteiger partial charge in [-0.2, -0.15) is 0 Å². The van der Waals surface area contributed by atoms with E-state index in [9.17, 15) is 9.90 Å². The molecule has 114 valence electrons. The summed E-state index contributed by atoms with van der Waals surface area (Å²) in [4.78, 5) is 11.8. The first-order chi connectivity index (χ1) is 10.5. The van der Waals surface area contributed by atoms with E-state index in [0.29, 0.717) is 11.5 Å². The third-order valence-corrected chi connectivity index (χ3v) is 3.38. The Hall–Kier alpha value is -2.55. The average molecular weight is 296 g/mol. The molecule has 2 aromatic rings. The van der Waals surface area contributed by atoms with Gasteiger partial charge in [0.15, 0.2) is 12.4 Å². The van der Waals surface area contributed by atoms with E-state index in [-0.39, 0.29) is 12.4 Å². The molecule has 0 unspecified atom stereocenters. The van der Waals surface area contributed by atoms with Crippen molar-refractivity contribution in [2.75, 3.05) is 6.61 Å². The Balaban J connectivity index is 1.95. The van der Waals surface area contributed by atoms with Crippen molar-refractivity contribution in [1.29, 1.82) is 0 Å². The van der Waals surface area contributed by atoms with E-state index in [1.807, 2.05) is 57.2 Å². The van der Waals surface area contributed by atoms with Crippen molar-refractivity contribution in [3.63, 3.8) is 0 Å². The summed E-state index contributed by atoms with van der Waals surface area (Å²) in [7, 11) is 0. The van der Waals surface area contributed by atoms with Crippen LogP contribution in [0.5, 0.6) is 11.5 Å². The highest BCUT2D eigenvalue weighted by molar-refractivity contribution is 5.94. The van der Waals surface area contributed by atoms with Crippen LogP contribution in [0.4, 0.5) is 0 Å². The number of hydrogen-bond acceptors (Lipinski definition) is 3. The molecule has 0 spiro atoms. The van der Waals surface area contributed by atoms with Crippen LogP contribution in [0.3, 0.4) is 0 Å². The molecule has 0 atom stereocenters. The van der Waals surface area contributed by atoms with Gasteiger partial charge in [0, 0.05) is 0 Å². The number of ketones is 1. The predicted molar refractivity (Wildman–Crippen MR) is 88.3 cm³/mol. The normalized spacial score (nSPS) is 10.9. The fourth-order valence-corrected chi connectivity index (χ4v) is 2.11.